The van der Waals surface area contributed by atoms with Gasteiger partial charge in [0.15, 0.2) is 16.6 Å². The molecule has 2 rings (SSSR count). The molecule has 160 valence electrons. The molecule has 0 fully saturated rings. The van der Waals surface area contributed by atoms with Crippen LogP contribution in [-0.4, -0.2) is 44.8 Å². The van der Waals surface area contributed by atoms with Crippen molar-refractivity contribution in [3.8, 4) is 17.2 Å². The van der Waals surface area contributed by atoms with E-state index in [0.29, 0.717) is 35.0 Å². The Morgan fingerprint density at radius 3 is 2.17 bits per heavy atom. The van der Waals surface area contributed by atoms with Gasteiger partial charge in [0.1, 0.15) is 0 Å². The van der Waals surface area contributed by atoms with Crippen molar-refractivity contribution in [3.05, 3.63) is 47.5 Å². The Morgan fingerprint density at radius 2 is 1.60 bits per heavy atom. The molecule has 0 saturated heterocycles. The van der Waals surface area contributed by atoms with Crippen LogP contribution in [0, 0.1) is 0 Å². The number of hydrogen-bond acceptors (Lipinski definition) is 6. The first-order valence-electron chi connectivity index (χ1n) is 9.24. The highest BCUT2D eigenvalue weighted by molar-refractivity contribution is 7.80. The molecule has 0 aliphatic heterocycles. The quantitative estimate of drug-likeness (QED) is 0.553. The van der Waals surface area contributed by atoms with Gasteiger partial charge in [-0.2, -0.15) is 0 Å². The summed E-state index contributed by atoms with van der Waals surface area (Å²) in [5, 5.41) is 8.35. The lowest BCUT2D eigenvalue weighted by Gasteiger charge is -2.15. The fourth-order valence-electron chi connectivity index (χ4n) is 2.66. The molecule has 0 unspecified atom stereocenters. The summed E-state index contributed by atoms with van der Waals surface area (Å²) in [5.74, 6) is 0.375. The molecular formula is C21H25N3O5S. The third-order valence-electron chi connectivity index (χ3n) is 4.11. The number of benzene rings is 2. The third-order valence-corrected chi connectivity index (χ3v) is 4.31. The van der Waals surface area contributed by atoms with Gasteiger partial charge in [-0.05, 0) is 42.9 Å². The normalized spacial score (nSPS) is 10.0. The summed E-state index contributed by atoms with van der Waals surface area (Å²) in [7, 11) is 4.41. The van der Waals surface area contributed by atoms with Gasteiger partial charge >= 0.3 is 0 Å². The average Bonchev–Trinajstić information content (AvgIpc) is 2.76. The van der Waals surface area contributed by atoms with Gasteiger partial charge in [-0.25, -0.2) is 0 Å². The number of nitrogens with one attached hydrogen (secondary N) is 3. The summed E-state index contributed by atoms with van der Waals surface area (Å²) in [6.07, 6.45) is 0.824. The van der Waals surface area contributed by atoms with E-state index in [9.17, 15) is 9.59 Å². The Bertz CT molecular complexity index is 908. The molecule has 2 amide bonds. The molecule has 0 atom stereocenters. The molecule has 9 heteroatoms. The topological polar surface area (TPSA) is 97.9 Å². The van der Waals surface area contributed by atoms with E-state index in [4.69, 9.17) is 26.4 Å². The lowest BCUT2D eigenvalue weighted by atomic mass is 10.1. The lowest BCUT2D eigenvalue weighted by Crippen LogP contribution is -2.35. The van der Waals surface area contributed by atoms with E-state index >= 15 is 0 Å². The Labute approximate surface area is 180 Å². The number of carbonyl (C=O) groups is 2. The molecule has 2 aromatic rings. The minimum atomic E-state index is -0.473. The highest BCUT2D eigenvalue weighted by Crippen LogP contribution is 2.38. The molecule has 0 heterocycles. The zero-order valence-electron chi connectivity index (χ0n) is 17.3. The smallest absolute Gasteiger partial charge is 0.257 e. The van der Waals surface area contributed by atoms with Crippen molar-refractivity contribution >= 4 is 34.8 Å². The third kappa shape index (κ3) is 5.60. The largest absolute Gasteiger partial charge is 0.493 e. The monoisotopic (exact) mass is 431 g/mol. The van der Waals surface area contributed by atoms with Gasteiger partial charge in [-0.1, -0.05) is 19.1 Å². The molecule has 3 N–H and O–H groups in total. The fourth-order valence-corrected chi connectivity index (χ4v) is 2.87. The van der Waals surface area contributed by atoms with Crippen molar-refractivity contribution in [1.29, 1.82) is 0 Å². The second kappa shape index (κ2) is 11.0. The standard InChI is InChI=1S/C21H25N3O5S/c1-5-10-22-20(26)14-8-6-7-9-15(14)23-21(30)24-19(25)13-11-16(27-2)18(29-4)17(12-13)28-3/h6-9,11-12H,5,10H2,1-4H3,(H,22,26)(H2,23,24,25,30). The molecule has 0 aliphatic rings. The van der Waals surface area contributed by atoms with Crippen LogP contribution in [0.3, 0.4) is 0 Å². The second-order valence-corrected chi connectivity index (χ2v) is 6.53. The number of rotatable bonds is 8. The van der Waals surface area contributed by atoms with Crippen LogP contribution in [0.25, 0.3) is 0 Å². The first-order valence-corrected chi connectivity index (χ1v) is 9.65. The summed E-state index contributed by atoms with van der Waals surface area (Å²) >= 11 is 5.26. The van der Waals surface area contributed by atoms with Crippen molar-refractivity contribution in [2.45, 2.75) is 13.3 Å². The van der Waals surface area contributed by atoms with Crippen molar-refractivity contribution in [2.75, 3.05) is 33.2 Å². The first kappa shape index (κ1) is 23.0. The molecule has 0 aliphatic carbocycles. The van der Waals surface area contributed by atoms with Crippen LogP contribution < -0.4 is 30.2 Å². The van der Waals surface area contributed by atoms with Crippen LogP contribution in [-0.2, 0) is 0 Å². The van der Waals surface area contributed by atoms with E-state index in [1.54, 1.807) is 24.3 Å². The van der Waals surface area contributed by atoms with Crippen LogP contribution in [0.1, 0.15) is 34.1 Å². The van der Waals surface area contributed by atoms with Gasteiger partial charge in [-0.15, -0.1) is 0 Å². The van der Waals surface area contributed by atoms with Crippen LogP contribution in [0.15, 0.2) is 36.4 Å². The van der Waals surface area contributed by atoms with Crippen LogP contribution in [0.4, 0.5) is 5.69 Å². The number of para-hydroxylation sites is 1. The number of methoxy groups -OCH3 is 3. The number of thiocarbonyl (C=S) groups is 1. The maximum Gasteiger partial charge on any atom is 0.257 e. The number of ether oxygens (including phenoxy) is 3. The maximum atomic E-state index is 12.7. The Hall–Kier alpha value is -3.33. The number of amides is 2. The Kier molecular flexibility index (Phi) is 8.42. The Morgan fingerprint density at radius 1 is 0.967 bits per heavy atom. The SMILES string of the molecule is CCCNC(=O)c1ccccc1NC(=S)NC(=O)c1cc(OC)c(OC)c(OC)c1. The van der Waals surface area contributed by atoms with E-state index in [-0.39, 0.29) is 16.6 Å². The number of carbonyl (C=O) groups excluding carboxylic acids is 2. The highest BCUT2D eigenvalue weighted by atomic mass is 32.1. The minimum Gasteiger partial charge on any atom is -0.493 e. The zero-order valence-corrected chi connectivity index (χ0v) is 18.1. The van der Waals surface area contributed by atoms with E-state index < -0.39 is 5.91 Å². The van der Waals surface area contributed by atoms with E-state index in [2.05, 4.69) is 16.0 Å². The van der Waals surface area contributed by atoms with Crippen molar-refractivity contribution in [2.24, 2.45) is 0 Å². The summed E-state index contributed by atoms with van der Waals surface area (Å²) in [6, 6.07) is 9.94. The summed E-state index contributed by atoms with van der Waals surface area (Å²) in [6.45, 7) is 2.54. The van der Waals surface area contributed by atoms with Crippen LogP contribution >= 0.6 is 12.2 Å². The fraction of sp³-hybridized carbons (Fsp3) is 0.286. The van der Waals surface area contributed by atoms with E-state index in [1.165, 1.54) is 33.5 Å². The maximum absolute atomic E-state index is 12.7. The predicted molar refractivity (Wildman–Crippen MR) is 119 cm³/mol. The van der Waals surface area contributed by atoms with Gasteiger partial charge in [0.2, 0.25) is 5.75 Å². The first-order chi connectivity index (χ1) is 14.4. The zero-order chi connectivity index (χ0) is 22.1. The molecule has 8 nitrogen and oxygen atoms in total. The molecule has 0 radical (unpaired) electrons. The van der Waals surface area contributed by atoms with Gasteiger partial charge in [-0.3, -0.25) is 14.9 Å². The van der Waals surface area contributed by atoms with Crippen molar-refractivity contribution in [3.63, 3.8) is 0 Å². The molecule has 0 aromatic heterocycles. The van der Waals surface area contributed by atoms with E-state index in [0.717, 1.165) is 6.42 Å². The van der Waals surface area contributed by atoms with E-state index in [1.807, 2.05) is 6.92 Å². The van der Waals surface area contributed by atoms with Gasteiger partial charge in [0.05, 0.1) is 32.6 Å². The summed E-state index contributed by atoms with van der Waals surface area (Å²) < 4.78 is 15.8. The molecule has 0 spiro atoms. The molecular weight excluding hydrogens is 406 g/mol. The summed E-state index contributed by atoms with van der Waals surface area (Å²) in [4.78, 5) is 25.0. The lowest BCUT2D eigenvalue weighted by molar-refractivity contribution is 0.0952. The summed E-state index contributed by atoms with van der Waals surface area (Å²) in [5.41, 5.74) is 1.18. The molecule has 2 aromatic carbocycles. The number of hydrogen-bond donors (Lipinski definition) is 3. The second-order valence-electron chi connectivity index (χ2n) is 6.12. The van der Waals surface area contributed by atoms with Crippen LogP contribution in [0.5, 0.6) is 17.2 Å². The molecule has 0 bridgehead atoms. The minimum absolute atomic E-state index is 0.0458. The molecule has 30 heavy (non-hydrogen) atoms. The predicted octanol–water partition coefficient (Wildman–Crippen LogP) is 2.98. The molecule has 0 saturated carbocycles. The van der Waals surface area contributed by atoms with Crippen LogP contribution in [0.2, 0.25) is 0 Å². The average molecular weight is 432 g/mol. The Balaban J connectivity index is 2.16. The van der Waals surface area contributed by atoms with Gasteiger partial charge in [0.25, 0.3) is 11.8 Å². The van der Waals surface area contributed by atoms with Crippen molar-refractivity contribution < 1.29 is 23.8 Å². The van der Waals surface area contributed by atoms with Gasteiger partial charge < -0.3 is 24.8 Å². The highest BCUT2D eigenvalue weighted by Gasteiger charge is 2.18. The number of anilines is 1. The van der Waals surface area contributed by atoms with Crippen molar-refractivity contribution in [1.82, 2.24) is 10.6 Å². The van der Waals surface area contributed by atoms with Gasteiger partial charge in [0, 0.05) is 12.1 Å².